The van der Waals surface area contributed by atoms with Crippen LogP contribution in [0.25, 0.3) is 0 Å². The summed E-state index contributed by atoms with van der Waals surface area (Å²) in [5, 5.41) is 5.87. The number of rotatable bonds is 8. The second kappa shape index (κ2) is 10.9. The Balaban J connectivity index is 1.77. The number of nitrogens with zero attached hydrogens (tertiary/aromatic N) is 1. The highest BCUT2D eigenvalue weighted by Crippen LogP contribution is 2.24. The Morgan fingerprint density at radius 1 is 1.00 bits per heavy atom. The first-order valence-electron chi connectivity index (χ1n) is 10.1. The van der Waals surface area contributed by atoms with E-state index >= 15 is 0 Å². The third kappa shape index (κ3) is 6.18. The van der Waals surface area contributed by atoms with Crippen LogP contribution in [0.4, 0.5) is 11.4 Å². The number of carbonyl (C=O) groups is 2. The molecule has 2 N–H and O–H groups in total. The molecule has 1 atom stereocenters. The van der Waals surface area contributed by atoms with Crippen LogP contribution in [0.2, 0.25) is 0 Å². The molecule has 3 aromatic rings. The molecule has 0 spiro atoms. The molecule has 0 saturated heterocycles. The molecular weight excluding hydrogens is 470 g/mol. The number of nitrogens with one attached hydrogen (secondary N) is 2. The van der Waals surface area contributed by atoms with E-state index in [0.29, 0.717) is 11.4 Å². The third-order valence-electron chi connectivity index (χ3n) is 5.00. The number of hydrogen-bond donors (Lipinski definition) is 2. The van der Waals surface area contributed by atoms with Crippen LogP contribution in [0.5, 0.6) is 5.75 Å². The molecule has 2 amide bonds. The molecule has 32 heavy (non-hydrogen) atoms. The highest BCUT2D eigenvalue weighted by molar-refractivity contribution is 9.10. The van der Waals surface area contributed by atoms with Crippen molar-refractivity contribution in [3.05, 3.63) is 88.4 Å². The molecule has 1 unspecified atom stereocenters. The fourth-order valence-corrected chi connectivity index (χ4v) is 3.90. The average molecular weight is 496 g/mol. The second-order valence-electron chi connectivity index (χ2n) is 7.46. The van der Waals surface area contributed by atoms with Gasteiger partial charge in [0, 0.05) is 21.9 Å². The van der Waals surface area contributed by atoms with Gasteiger partial charge in [0.1, 0.15) is 11.8 Å². The predicted molar refractivity (Wildman–Crippen MR) is 131 cm³/mol. The van der Waals surface area contributed by atoms with Gasteiger partial charge in [0.2, 0.25) is 11.8 Å². The van der Waals surface area contributed by atoms with E-state index in [-0.39, 0.29) is 18.4 Å². The van der Waals surface area contributed by atoms with Gasteiger partial charge in [0.25, 0.3) is 0 Å². The number of likely N-dealkylation sites (N-methyl/N-ethyl adjacent to an activating group) is 1. The van der Waals surface area contributed by atoms with Crippen LogP contribution >= 0.6 is 15.9 Å². The smallest absolute Gasteiger partial charge is 0.246 e. The first-order valence-corrected chi connectivity index (χ1v) is 10.9. The number of benzene rings is 3. The number of hydrogen-bond acceptors (Lipinski definition) is 4. The molecule has 3 rings (SSSR count). The molecule has 166 valence electrons. The van der Waals surface area contributed by atoms with Gasteiger partial charge in [-0.2, -0.15) is 0 Å². The number of carbonyl (C=O) groups excluding carboxylic acids is 2. The van der Waals surface area contributed by atoms with Crippen molar-refractivity contribution in [2.24, 2.45) is 0 Å². The maximum Gasteiger partial charge on any atom is 0.246 e. The topological polar surface area (TPSA) is 70.7 Å². The van der Waals surface area contributed by atoms with Gasteiger partial charge in [-0.05, 0) is 55.4 Å². The Kier molecular flexibility index (Phi) is 8.03. The molecule has 0 saturated carbocycles. The van der Waals surface area contributed by atoms with Crippen molar-refractivity contribution in [1.82, 2.24) is 4.90 Å². The number of aryl methyl sites for hydroxylation is 1. The monoisotopic (exact) mass is 495 g/mol. The number of methoxy groups -OCH3 is 1. The Morgan fingerprint density at radius 2 is 1.75 bits per heavy atom. The lowest BCUT2D eigenvalue weighted by Crippen LogP contribution is -2.39. The lowest BCUT2D eigenvalue weighted by molar-refractivity contribution is -0.123. The molecular formula is C25H26BrN3O3. The minimum absolute atomic E-state index is 0.0423. The van der Waals surface area contributed by atoms with E-state index in [1.165, 1.54) is 0 Å². The Bertz CT molecular complexity index is 1090. The number of anilines is 2. The van der Waals surface area contributed by atoms with Crippen LogP contribution in [0.1, 0.15) is 17.2 Å². The van der Waals surface area contributed by atoms with Gasteiger partial charge in [-0.15, -0.1) is 0 Å². The van der Waals surface area contributed by atoms with Crippen molar-refractivity contribution in [2.75, 3.05) is 31.3 Å². The van der Waals surface area contributed by atoms with Crippen molar-refractivity contribution in [1.29, 1.82) is 0 Å². The largest absolute Gasteiger partial charge is 0.497 e. The molecule has 3 aromatic carbocycles. The summed E-state index contributed by atoms with van der Waals surface area (Å²) in [5.74, 6) is 0.212. The molecule has 0 aliphatic heterocycles. The maximum absolute atomic E-state index is 13.3. The fourth-order valence-electron chi connectivity index (χ4n) is 3.43. The lowest BCUT2D eigenvalue weighted by Gasteiger charge is -2.27. The average Bonchev–Trinajstić information content (AvgIpc) is 2.76. The molecule has 0 bridgehead atoms. The molecule has 0 aliphatic rings. The summed E-state index contributed by atoms with van der Waals surface area (Å²) in [6.07, 6.45) is 0. The van der Waals surface area contributed by atoms with Crippen molar-refractivity contribution in [3.63, 3.8) is 0 Å². The SMILES string of the molecule is COc1cccc(NC(=O)C(c2ccccc2)N(C)CC(=O)Nc2ccc(Br)cc2C)c1. The maximum atomic E-state index is 13.3. The van der Waals surface area contributed by atoms with Crippen molar-refractivity contribution in [3.8, 4) is 5.75 Å². The Labute approximate surface area is 196 Å². The molecule has 0 radical (unpaired) electrons. The summed E-state index contributed by atoms with van der Waals surface area (Å²) in [6, 6.07) is 21.6. The minimum Gasteiger partial charge on any atom is -0.497 e. The standard InChI is InChI=1S/C25H26BrN3O3/c1-17-14-19(26)12-13-22(17)28-23(30)16-29(2)24(18-8-5-4-6-9-18)25(31)27-20-10-7-11-21(15-20)32-3/h4-15,24H,16H2,1-3H3,(H,27,31)(H,28,30). The zero-order chi connectivity index (χ0) is 23.1. The quantitative estimate of drug-likeness (QED) is 0.460. The van der Waals surface area contributed by atoms with Crippen LogP contribution in [0, 0.1) is 6.92 Å². The van der Waals surface area contributed by atoms with E-state index in [4.69, 9.17) is 4.74 Å². The summed E-state index contributed by atoms with van der Waals surface area (Å²) >= 11 is 3.43. The number of amides is 2. The van der Waals surface area contributed by atoms with Gasteiger partial charge in [0.05, 0.1) is 13.7 Å². The Hall–Kier alpha value is -3.16. The van der Waals surface area contributed by atoms with Crippen LogP contribution in [-0.4, -0.2) is 37.4 Å². The van der Waals surface area contributed by atoms with E-state index in [9.17, 15) is 9.59 Å². The lowest BCUT2D eigenvalue weighted by atomic mass is 10.0. The van der Waals surface area contributed by atoms with Crippen molar-refractivity contribution in [2.45, 2.75) is 13.0 Å². The summed E-state index contributed by atoms with van der Waals surface area (Å²) in [4.78, 5) is 27.7. The molecule has 6 nitrogen and oxygen atoms in total. The molecule has 0 fully saturated rings. The highest BCUT2D eigenvalue weighted by atomic mass is 79.9. The molecule has 0 aromatic heterocycles. The summed E-state index contributed by atoms with van der Waals surface area (Å²) in [6.45, 7) is 1.97. The van der Waals surface area contributed by atoms with E-state index in [2.05, 4.69) is 26.6 Å². The first kappa shape index (κ1) is 23.5. The molecule has 7 heteroatoms. The van der Waals surface area contributed by atoms with Gasteiger partial charge >= 0.3 is 0 Å². The fraction of sp³-hybridized carbons (Fsp3) is 0.200. The van der Waals surface area contributed by atoms with Crippen LogP contribution < -0.4 is 15.4 Å². The van der Waals surface area contributed by atoms with Gasteiger partial charge in [-0.3, -0.25) is 14.5 Å². The van der Waals surface area contributed by atoms with Crippen LogP contribution in [0.15, 0.2) is 77.3 Å². The van der Waals surface area contributed by atoms with Gasteiger partial charge in [0.15, 0.2) is 0 Å². The second-order valence-corrected chi connectivity index (χ2v) is 8.37. The number of halogens is 1. The van der Waals surface area contributed by atoms with Crippen molar-refractivity contribution < 1.29 is 14.3 Å². The minimum atomic E-state index is -0.654. The zero-order valence-corrected chi connectivity index (χ0v) is 19.8. The molecule has 0 aliphatic carbocycles. The normalized spacial score (nSPS) is 11.7. The van der Waals surface area contributed by atoms with Crippen LogP contribution in [0.3, 0.4) is 0 Å². The summed E-state index contributed by atoms with van der Waals surface area (Å²) in [7, 11) is 3.34. The van der Waals surface area contributed by atoms with Crippen molar-refractivity contribution >= 4 is 39.1 Å². The summed E-state index contributed by atoms with van der Waals surface area (Å²) < 4.78 is 6.19. The zero-order valence-electron chi connectivity index (χ0n) is 18.3. The van der Waals surface area contributed by atoms with Crippen LogP contribution in [-0.2, 0) is 9.59 Å². The van der Waals surface area contributed by atoms with Gasteiger partial charge in [-0.25, -0.2) is 0 Å². The highest BCUT2D eigenvalue weighted by Gasteiger charge is 2.27. The predicted octanol–water partition coefficient (Wildman–Crippen LogP) is 5.02. The first-order chi connectivity index (χ1) is 15.4. The van der Waals surface area contributed by atoms with E-state index in [1.54, 1.807) is 31.2 Å². The Morgan fingerprint density at radius 3 is 2.44 bits per heavy atom. The van der Waals surface area contributed by atoms with Gasteiger partial charge < -0.3 is 15.4 Å². The third-order valence-corrected chi connectivity index (χ3v) is 5.49. The van der Waals surface area contributed by atoms with E-state index in [0.717, 1.165) is 21.3 Å². The van der Waals surface area contributed by atoms with E-state index in [1.807, 2.05) is 67.6 Å². The van der Waals surface area contributed by atoms with Gasteiger partial charge in [-0.1, -0.05) is 52.3 Å². The number of ether oxygens (including phenoxy) is 1. The molecule has 0 heterocycles. The van der Waals surface area contributed by atoms with E-state index < -0.39 is 6.04 Å². The summed E-state index contributed by atoms with van der Waals surface area (Å²) in [5.41, 5.74) is 3.11.